The van der Waals surface area contributed by atoms with E-state index in [0.717, 1.165) is 83.4 Å². The van der Waals surface area contributed by atoms with Gasteiger partial charge in [0, 0.05) is 50.8 Å². The summed E-state index contributed by atoms with van der Waals surface area (Å²) >= 11 is 0. The molecule has 0 amide bonds. The van der Waals surface area contributed by atoms with Gasteiger partial charge in [0.05, 0.1) is 22.4 Å². The van der Waals surface area contributed by atoms with Crippen LogP contribution < -0.4 is 0 Å². The summed E-state index contributed by atoms with van der Waals surface area (Å²) in [6, 6.07) is 57.6. The van der Waals surface area contributed by atoms with Crippen LogP contribution in [0.15, 0.2) is 193 Å². The van der Waals surface area contributed by atoms with Crippen molar-refractivity contribution >= 4 is 43.7 Å². The molecule has 0 aliphatic rings. The molecule has 0 saturated heterocycles. The lowest BCUT2D eigenvalue weighted by Gasteiger charge is -2.11. The van der Waals surface area contributed by atoms with Crippen molar-refractivity contribution in [2.45, 2.75) is 6.92 Å². The Morgan fingerprint density at radius 2 is 0.962 bits per heavy atom. The predicted molar refractivity (Wildman–Crippen MR) is 221 cm³/mol. The van der Waals surface area contributed by atoms with Gasteiger partial charge in [0.2, 0.25) is 0 Å². The Bertz CT molecular complexity index is 2920. The van der Waals surface area contributed by atoms with Crippen LogP contribution in [0.3, 0.4) is 0 Å². The van der Waals surface area contributed by atoms with Crippen LogP contribution in [-0.4, -0.2) is 14.5 Å². The van der Waals surface area contributed by atoms with Crippen molar-refractivity contribution in [1.82, 2.24) is 14.5 Å². The van der Waals surface area contributed by atoms with Crippen LogP contribution in [0.5, 0.6) is 0 Å². The molecule has 4 aromatic heterocycles. The zero-order valence-electron chi connectivity index (χ0n) is 29.3. The quantitative estimate of drug-likeness (QED) is 0.170. The molecule has 0 fully saturated rings. The fourth-order valence-corrected chi connectivity index (χ4v) is 7.45. The van der Waals surface area contributed by atoms with Crippen LogP contribution in [0.4, 0.5) is 0 Å². The first-order valence-corrected chi connectivity index (χ1v) is 17.8. The Morgan fingerprint density at radius 1 is 0.472 bits per heavy atom. The third-order valence-corrected chi connectivity index (χ3v) is 9.74. The third kappa shape index (κ3) is 5.67. The fourth-order valence-electron chi connectivity index (χ4n) is 7.45. The van der Waals surface area contributed by atoms with E-state index in [0.29, 0.717) is 0 Å². The molecular weight excluding hydrogens is 647 g/mol. The zero-order valence-corrected chi connectivity index (χ0v) is 29.3. The topological polar surface area (TPSA) is 43.9 Å². The van der Waals surface area contributed by atoms with Gasteiger partial charge in [-0.1, -0.05) is 97.1 Å². The van der Waals surface area contributed by atoms with Crippen LogP contribution >= 0.6 is 0 Å². The standard InChI is InChI=1S/C46H29N3O.C3H6/c1-3-13-35(41-16-7-9-25-47-41)33(11-1)30-19-22-44-38(27-30)37-15-5-6-18-43(37)49(44)32-21-24-46-40(29-32)39-28-31(20-23-45(39)50-46)34-12-2-4-14-36(34)42-17-8-10-26-48-42;1-3-2/h1-29H;3H,1H2,2H3. The number of aromatic nitrogens is 3. The number of benzene rings is 6. The molecule has 4 heteroatoms. The molecule has 0 bridgehead atoms. The van der Waals surface area contributed by atoms with Crippen molar-refractivity contribution in [3.63, 3.8) is 0 Å². The molecule has 0 aliphatic carbocycles. The Balaban J connectivity index is 0.00000120. The first kappa shape index (κ1) is 31.9. The maximum Gasteiger partial charge on any atom is 0.135 e. The summed E-state index contributed by atoms with van der Waals surface area (Å²) < 4.78 is 8.76. The molecule has 10 aromatic rings. The van der Waals surface area contributed by atoms with E-state index in [-0.39, 0.29) is 0 Å². The van der Waals surface area contributed by atoms with E-state index in [1.807, 2.05) is 43.6 Å². The Morgan fingerprint density at radius 3 is 1.58 bits per heavy atom. The minimum atomic E-state index is 0.869. The van der Waals surface area contributed by atoms with E-state index in [2.05, 4.69) is 161 Å². The fraction of sp³-hybridized carbons (Fsp3) is 0.0204. The summed E-state index contributed by atoms with van der Waals surface area (Å²) in [7, 11) is 0. The average Bonchev–Trinajstić information content (AvgIpc) is 3.76. The first-order valence-electron chi connectivity index (χ1n) is 17.8. The van der Waals surface area contributed by atoms with Crippen LogP contribution in [0.2, 0.25) is 0 Å². The number of pyridine rings is 2. The molecule has 0 atom stereocenters. The van der Waals surface area contributed by atoms with Crippen LogP contribution in [0, 0.1) is 0 Å². The first-order chi connectivity index (χ1) is 26.2. The summed E-state index contributed by atoms with van der Waals surface area (Å²) in [4.78, 5) is 9.30. The van der Waals surface area contributed by atoms with Crippen LogP contribution in [0.1, 0.15) is 6.92 Å². The minimum absolute atomic E-state index is 0.869. The van der Waals surface area contributed by atoms with Crippen molar-refractivity contribution in [3.05, 3.63) is 189 Å². The smallest absolute Gasteiger partial charge is 0.135 e. The van der Waals surface area contributed by atoms with Crippen molar-refractivity contribution in [2.24, 2.45) is 0 Å². The highest BCUT2D eigenvalue weighted by molar-refractivity contribution is 6.12. The Kier molecular flexibility index (Phi) is 8.18. The molecule has 4 heterocycles. The second-order valence-corrected chi connectivity index (χ2v) is 13.0. The van der Waals surface area contributed by atoms with Gasteiger partial charge in [0.15, 0.2) is 0 Å². The molecule has 6 aromatic carbocycles. The highest BCUT2D eigenvalue weighted by Crippen LogP contribution is 2.40. The van der Waals surface area contributed by atoms with E-state index in [4.69, 9.17) is 4.42 Å². The van der Waals surface area contributed by atoms with Gasteiger partial charge in [0.25, 0.3) is 0 Å². The number of allylic oxidation sites excluding steroid dienone is 1. The highest BCUT2D eigenvalue weighted by Gasteiger charge is 2.17. The van der Waals surface area contributed by atoms with Crippen LogP contribution in [0.25, 0.3) is 94.2 Å². The van der Waals surface area contributed by atoms with Gasteiger partial charge >= 0.3 is 0 Å². The number of para-hydroxylation sites is 1. The van der Waals surface area contributed by atoms with Gasteiger partial charge in [-0.05, 0) is 102 Å². The predicted octanol–water partition coefficient (Wildman–Crippen LogP) is 13.3. The van der Waals surface area contributed by atoms with Crippen molar-refractivity contribution in [2.75, 3.05) is 0 Å². The number of fused-ring (bicyclic) bond motifs is 6. The molecule has 252 valence electrons. The molecule has 0 N–H and O–H groups in total. The molecule has 0 unspecified atom stereocenters. The molecule has 53 heavy (non-hydrogen) atoms. The SMILES string of the molecule is C=CC.c1ccc(-c2ccccc2-c2ccc3oc4ccc(-n5c6ccccc6c6cc(-c7ccccc7-c7ccccn7)ccc65)cc4c3c2)nc1. The number of furan rings is 1. The average molecular weight is 682 g/mol. The Labute approximate surface area is 308 Å². The van der Waals surface area contributed by atoms with Crippen molar-refractivity contribution in [3.8, 4) is 50.5 Å². The maximum absolute atomic E-state index is 6.39. The molecule has 4 nitrogen and oxygen atoms in total. The number of hydrogen-bond donors (Lipinski definition) is 0. The Hall–Kier alpha value is -7.04. The number of nitrogens with zero attached hydrogens (tertiary/aromatic N) is 3. The lowest BCUT2D eigenvalue weighted by atomic mass is 9.96. The summed E-state index contributed by atoms with van der Waals surface area (Å²) in [5, 5.41) is 4.59. The molecule has 0 radical (unpaired) electrons. The maximum atomic E-state index is 6.39. The number of rotatable bonds is 5. The van der Waals surface area contributed by atoms with Gasteiger partial charge in [-0.25, -0.2) is 0 Å². The molecule has 0 spiro atoms. The molecule has 10 rings (SSSR count). The molecule has 0 saturated carbocycles. The van der Waals surface area contributed by atoms with E-state index >= 15 is 0 Å². The summed E-state index contributed by atoms with van der Waals surface area (Å²) in [5.74, 6) is 0. The zero-order chi connectivity index (χ0) is 35.7. The largest absolute Gasteiger partial charge is 0.456 e. The lowest BCUT2D eigenvalue weighted by Crippen LogP contribution is -1.93. The normalized spacial score (nSPS) is 11.2. The van der Waals surface area contributed by atoms with Gasteiger partial charge in [-0.2, -0.15) is 0 Å². The van der Waals surface area contributed by atoms with E-state index in [1.54, 1.807) is 6.08 Å². The summed E-state index contributed by atoms with van der Waals surface area (Å²) in [6.45, 7) is 5.25. The highest BCUT2D eigenvalue weighted by atomic mass is 16.3. The number of hydrogen-bond acceptors (Lipinski definition) is 3. The second-order valence-electron chi connectivity index (χ2n) is 13.0. The van der Waals surface area contributed by atoms with Gasteiger partial charge in [-0.15, -0.1) is 6.58 Å². The molecule has 0 aliphatic heterocycles. The van der Waals surface area contributed by atoms with E-state index < -0.39 is 0 Å². The van der Waals surface area contributed by atoms with E-state index in [9.17, 15) is 0 Å². The van der Waals surface area contributed by atoms with Gasteiger partial charge in [-0.3, -0.25) is 9.97 Å². The third-order valence-electron chi connectivity index (χ3n) is 9.74. The van der Waals surface area contributed by atoms with Crippen LogP contribution in [-0.2, 0) is 0 Å². The lowest BCUT2D eigenvalue weighted by molar-refractivity contribution is 0.669. The second kappa shape index (κ2) is 13.6. The van der Waals surface area contributed by atoms with Crippen molar-refractivity contribution < 1.29 is 4.42 Å². The van der Waals surface area contributed by atoms with Gasteiger partial charge in [0.1, 0.15) is 11.2 Å². The molecular formula is C49H35N3O. The minimum Gasteiger partial charge on any atom is -0.456 e. The van der Waals surface area contributed by atoms with Gasteiger partial charge < -0.3 is 8.98 Å². The monoisotopic (exact) mass is 681 g/mol. The van der Waals surface area contributed by atoms with Crippen molar-refractivity contribution in [1.29, 1.82) is 0 Å². The summed E-state index contributed by atoms with van der Waals surface area (Å²) in [5.41, 5.74) is 13.9. The summed E-state index contributed by atoms with van der Waals surface area (Å²) in [6.07, 6.45) is 5.45. The van der Waals surface area contributed by atoms with E-state index in [1.165, 1.54) is 10.8 Å².